The van der Waals surface area contributed by atoms with Crippen LogP contribution in [-0.4, -0.2) is 29.9 Å². The highest BCUT2D eigenvalue weighted by molar-refractivity contribution is 5.93. The zero-order valence-electron chi connectivity index (χ0n) is 15.0. The predicted molar refractivity (Wildman–Crippen MR) is 97.4 cm³/mol. The fraction of sp³-hybridized carbons (Fsp3) is 0.682. The van der Waals surface area contributed by atoms with Gasteiger partial charge >= 0.3 is 0 Å². The van der Waals surface area contributed by atoms with E-state index in [1.165, 1.54) is 75.6 Å². The van der Waals surface area contributed by atoms with Gasteiger partial charge in [-0.2, -0.15) is 0 Å². The van der Waals surface area contributed by atoms with E-state index in [1.807, 2.05) is 6.07 Å². The summed E-state index contributed by atoms with van der Waals surface area (Å²) in [4.78, 5) is 14.6. The van der Waals surface area contributed by atoms with Crippen molar-refractivity contribution < 1.29 is 4.79 Å². The molecule has 5 aliphatic rings. The van der Waals surface area contributed by atoms with Crippen LogP contribution in [0, 0.1) is 17.3 Å². The lowest BCUT2D eigenvalue weighted by Crippen LogP contribution is -2.65. The second-order valence-corrected chi connectivity index (χ2v) is 9.78. The van der Waals surface area contributed by atoms with E-state index in [4.69, 9.17) is 5.73 Å². The highest BCUT2D eigenvalue weighted by atomic mass is 16.1. The van der Waals surface area contributed by atoms with Gasteiger partial charge in [0.15, 0.2) is 0 Å². The van der Waals surface area contributed by atoms with Crippen molar-refractivity contribution in [1.82, 2.24) is 4.90 Å². The second-order valence-electron chi connectivity index (χ2n) is 9.78. The summed E-state index contributed by atoms with van der Waals surface area (Å²) in [6.45, 7) is 2.67. The number of hydrogen-bond acceptors (Lipinski definition) is 2. The van der Waals surface area contributed by atoms with Crippen molar-refractivity contribution in [3.8, 4) is 0 Å². The molecule has 1 aliphatic heterocycles. The first kappa shape index (κ1) is 14.8. The summed E-state index contributed by atoms with van der Waals surface area (Å²) >= 11 is 0. The fourth-order valence-electron chi connectivity index (χ4n) is 7.48. The van der Waals surface area contributed by atoms with Crippen LogP contribution in [0.5, 0.6) is 0 Å². The highest BCUT2D eigenvalue weighted by Gasteiger charge is 2.70. The van der Waals surface area contributed by atoms with Gasteiger partial charge in [-0.05, 0) is 73.6 Å². The van der Waals surface area contributed by atoms with Crippen LogP contribution in [0.25, 0.3) is 0 Å². The van der Waals surface area contributed by atoms with Crippen LogP contribution < -0.4 is 5.73 Å². The van der Waals surface area contributed by atoms with Crippen LogP contribution in [0.15, 0.2) is 18.2 Å². The zero-order valence-corrected chi connectivity index (χ0v) is 15.0. The van der Waals surface area contributed by atoms with Crippen molar-refractivity contribution in [2.24, 2.45) is 23.0 Å². The summed E-state index contributed by atoms with van der Waals surface area (Å²) in [6, 6.07) is 7.18. The molecule has 1 saturated heterocycles. The first-order valence-electron chi connectivity index (χ1n) is 10.3. The van der Waals surface area contributed by atoms with Crippen LogP contribution in [0.3, 0.4) is 0 Å². The van der Waals surface area contributed by atoms with Crippen molar-refractivity contribution in [2.45, 2.75) is 62.8 Å². The van der Waals surface area contributed by atoms with Gasteiger partial charge in [-0.3, -0.25) is 9.69 Å². The van der Waals surface area contributed by atoms with Gasteiger partial charge in [0, 0.05) is 35.5 Å². The number of carbonyl (C=O) groups is 1. The van der Waals surface area contributed by atoms with E-state index in [0.717, 1.165) is 17.9 Å². The third-order valence-corrected chi connectivity index (χ3v) is 8.35. The van der Waals surface area contributed by atoms with Gasteiger partial charge in [0.1, 0.15) is 0 Å². The van der Waals surface area contributed by atoms with Crippen LogP contribution in [-0.2, 0) is 11.8 Å². The van der Waals surface area contributed by atoms with Crippen molar-refractivity contribution in [1.29, 1.82) is 0 Å². The summed E-state index contributed by atoms with van der Waals surface area (Å²) in [5.74, 6) is 1.52. The Kier molecular flexibility index (Phi) is 2.76. The van der Waals surface area contributed by atoms with E-state index < -0.39 is 0 Å². The SMILES string of the molecule is NC(=O)c1ccc2c(c1)C13CCCCC1C1N(CC4CC4)CC1(C2)C3. The Labute approximate surface area is 150 Å². The number of rotatable bonds is 3. The average Bonchev–Trinajstić information content (AvgIpc) is 3.37. The topological polar surface area (TPSA) is 46.3 Å². The van der Waals surface area contributed by atoms with Crippen molar-refractivity contribution >= 4 is 5.91 Å². The van der Waals surface area contributed by atoms with Crippen molar-refractivity contribution in [3.05, 3.63) is 34.9 Å². The number of likely N-dealkylation sites (tertiary alicyclic amines) is 1. The Balaban J connectivity index is 1.46. The molecule has 3 heteroatoms. The number of nitrogens with two attached hydrogens (primary N) is 1. The Morgan fingerprint density at radius 3 is 2.92 bits per heavy atom. The standard InChI is InChI=1S/C22H28N2O/c23-20(25)15-6-7-16-10-21-12-22(18(16)9-15)8-2-1-3-17(22)19(21)24(13-21)11-14-4-5-14/h6-7,9,14,17,19H,1-5,8,10-13H2,(H2,23,25). The van der Waals surface area contributed by atoms with Gasteiger partial charge in [0.05, 0.1) is 0 Å². The maximum Gasteiger partial charge on any atom is 0.248 e. The molecule has 1 aromatic rings. The van der Waals surface area contributed by atoms with E-state index in [9.17, 15) is 4.79 Å². The monoisotopic (exact) mass is 336 g/mol. The molecular formula is C22H28N2O. The summed E-state index contributed by atoms with van der Waals surface area (Å²) in [5.41, 5.74) is 10.2. The number of benzene rings is 1. The molecule has 0 aromatic heterocycles. The lowest BCUT2D eigenvalue weighted by Gasteiger charge is -2.56. The molecule has 1 heterocycles. The predicted octanol–water partition coefficient (Wildman–Crippen LogP) is 3.25. The van der Waals surface area contributed by atoms with Gasteiger partial charge in [-0.15, -0.1) is 0 Å². The minimum atomic E-state index is -0.275. The van der Waals surface area contributed by atoms with Gasteiger partial charge in [0.25, 0.3) is 0 Å². The molecule has 1 aromatic carbocycles. The maximum absolute atomic E-state index is 11.8. The highest BCUT2D eigenvalue weighted by Crippen LogP contribution is 2.70. The molecule has 132 valence electrons. The Bertz CT molecular complexity index is 769. The van der Waals surface area contributed by atoms with Crippen LogP contribution in [0.2, 0.25) is 0 Å². The van der Waals surface area contributed by atoms with Gasteiger partial charge in [-0.1, -0.05) is 18.9 Å². The molecule has 3 saturated carbocycles. The van der Waals surface area contributed by atoms with Gasteiger partial charge < -0.3 is 5.73 Å². The van der Waals surface area contributed by atoms with E-state index in [2.05, 4.69) is 17.0 Å². The zero-order chi connectivity index (χ0) is 16.8. The van der Waals surface area contributed by atoms with Crippen LogP contribution in [0.4, 0.5) is 0 Å². The molecule has 3 nitrogen and oxygen atoms in total. The van der Waals surface area contributed by atoms with E-state index in [1.54, 1.807) is 0 Å². The minimum Gasteiger partial charge on any atom is -0.366 e. The normalized spacial score (nSPS) is 41.4. The number of nitrogens with zero attached hydrogens (tertiary/aromatic N) is 1. The smallest absolute Gasteiger partial charge is 0.248 e. The molecule has 0 radical (unpaired) electrons. The Hall–Kier alpha value is -1.35. The van der Waals surface area contributed by atoms with Crippen molar-refractivity contribution in [3.63, 3.8) is 0 Å². The Morgan fingerprint density at radius 2 is 2.12 bits per heavy atom. The van der Waals surface area contributed by atoms with E-state index >= 15 is 0 Å². The van der Waals surface area contributed by atoms with Gasteiger partial charge in [0.2, 0.25) is 5.91 Å². The first-order valence-corrected chi connectivity index (χ1v) is 10.3. The third-order valence-electron chi connectivity index (χ3n) is 8.35. The first-order chi connectivity index (χ1) is 12.1. The second kappa shape index (κ2) is 4.68. The number of fused-ring (bicyclic) bond motifs is 2. The van der Waals surface area contributed by atoms with Crippen LogP contribution >= 0.6 is 0 Å². The van der Waals surface area contributed by atoms with Crippen LogP contribution in [0.1, 0.15) is 66.4 Å². The number of primary amides is 1. The molecule has 4 aliphatic carbocycles. The average molecular weight is 336 g/mol. The number of hydrogen-bond donors (Lipinski definition) is 1. The minimum absolute atomic E-state index is 0.275. The molecule has 6 rings (SSSR count). The molecule has 4 unspecified atom stereocenters. The molecule has 4 atom stereocenters. The number of amides is 1. The molecule has 2 spiro atoms. The maximum atomic E-state index is 11.8. The van der Waals surface area contributed by atoms with Gasteiger partial charge in [-0.25, -0.2) is 0 Å². The van der Waals surface area contributed by atoms with Crippen molar-refractivity contribution in [2.75, 3.05) is 13.1 Å². The molecule has 2 bridgehead atoms. The van der Waals surface area contributed by atoms with E-state index in [0.29, 0.717) is 16.4 Å². The Morgan fingerprint density at radius 1 is 1.24 bits per heavy atom. The van der Waals surface area contributed by atoms with E-state index in [-0.39, 0.29) is 5.91 Å². The molecular weight excluding hydrogens is 308 g/mol. The molecule has 2 N–H and O–H groups in total. The molecule has 1 amide bonds. The summed E-state index contributed by atoms with van der Waals surface area (Å²) in [5, 5.41) is 0. The lowest BCUT2D eigenvalue weighted by atomic mass is 9.59. The third kappa shape index (κ3) is 1.83. The molecule has 4 fully saturated rings. The lowest BCUT2D eigenvalue weighted by molar-refractivity contribution is -0.0735. The fourth-order valence-corrected chi connectivity index (χ4v) is 7.48. The summed E-state index contributed by atoms with van der Waals surface area (Å²) < 4.78 is 0. The molecule has 25 heavy (non-hydrogen) atoms. The quantitative estimate of drug-likeness (QED) is 0.921. The largest absolute Gasteiger partial charge is 0.366 e. The summed E-state index contributed by atoms with van der Waals surface area (Å²) in [6.07, 6.45) is 10.9. The number of carbonyl (C=O) groups excluding carboxylic acids is 1. The summed E-state index contributed by atoms with van der Waals surface area (Å²) in [7, 11) is 0.